The summed E-state index contributed by atoms with van der Waals surface area (Å²) in [4.78, 5) is 34.0. The predicted molar refractivity (Wildman–Crippen MR) is 97.3 cm³/mol. The van der Waals surface area contributed by atoms with E-state index in [4.69, 9.17) is 5.11 Å². The minimum Gasteiger partial charge on any atom is -0.480 e. The highest BCUT2D eigenvalue weighted by molar-refractivity contribution is 5.83. The predicted octanol–water partition coefficient (Wildman–Crippen LogP) is 3.82. The number of esters is 1. The molecule has 0 heterocycles. The van der Waals surface area contributed by atoms with Crippen LogP contribution in [0.3, 0.4) is 0 Å². The van der Waals surface area contributed by atoms with Crippen molar-refractivity contribution in [3.05, 3.63) is 0 Å². The highest BCUT2D eigenvalue weighted by atomic mass is 16.5. The monoisotopic (exact) mass is 357 g/mol. The second-order valence-corrected chi connectivity index (χ2v) is 6.51. The maximum Gasteiger partial charge on any atom is 0.326 e. The van der Waals surface area contributed by atoms with Gasteiger partial charge in [-0.1, -0.05) is 64.7 Å². The summed E-state index contributed by atoms with van der Waals surface area (Å²) < 4.78 is 4.48. The van der Waals surface area contributed by atoms with Gasteiger partial charge < -0.3 is 15.2 Å². The van der Waals surface area contributed by atoms with Gasteiger partial charge in [-0.05, 0) is 12.8 Å². The molecule has 0 rings (SSSR count). The van der Waals surface area contributed by atoms with Crippen LogP contribution in [0.2, 0.25) is 0 Å². The van der Waals surface area contributed by atoms with Crippen molar-refractivity contribution in [2.24, 2.45) is 0 Å². The van der Waals surface area contributed by atoms with Crippen LogP contribution >= 0.6 is 0 Å². The first kappa shape index (κ1) is 23.4. The van der Waals surface area contributed by atoms with E-state index in [2.05, 4.69) is 17.0 Å². The van der Waals surface area contributed by atoms with E-state index in [1.807, 2.05) is 0 Å². The Labute approximate surface area is 151 Å². The molecule has 0 aliphatic carbocycles. The number of amides is 1. The van der Waals surface area contributed by atoms with Gasteiger partial charge in [-0.3, -0.25) is 9.59 Å². The molecule has 0 saturated carbocycles. The summed E-state index contributed by atoms with van der Waals surface area (Å²) in [6.07, 6.45) is 12.2. The smallest absolute Gasteiger partial charge is 0.326 e. The molecule has 0 unspecified atom stereocenters. The molecule has 0 aromatic rings. The van der Waals surface area contributed by atoms with Gasteiger partial charge in [0.2, 0.25) is 5.91 Å². The van der Waals surface area contributed by atoms with Gasteiger partial charge >= 0.3 is 11.9 Å². The van der Waals surface area contributed by atoms with Gasteiger partial charge in [-0.15, -0.1) is 0 Å². The van der Waals surface area contributed by atoms with Gasteiger partial charge in [-0.2, -0.15) is 0 Å². The Morgan fingerprint density at radius 3 is 1.88 bits per heavy atom. The molecule has 0 aromatic carbocycles. The van der Waals surface area contributed by atoms with Crippen LogP contribution in [-0.4, -0.2) is 36.1 Å². The maximum absolute atomic E-state index is 11.8. The van der Waals surface area contributed by atoms with E-state index < -0.39 is 18.0 Å². The Morgan fingerprint density at radius 2 is 1.40 bits per heavy atom. The van der Waals surface area contributed by atoms with Crippen LogP contribution in [0, 0.1) is 0 Å². The SMILES string of the molecule is CCCCCCCCCCCCC(=O)N[C@@H](CCC(=O)OC)C(=O)O. The number of unbranched alkanes of at least 4 members (excludes halogenated alkanes) is 9. The molecule has 0 radical (unpaired) electrons. The molecule has 6 nitrogen and oxygen atoms in total. The van der Waals surface area contributed by atoms with Crippen molar-refractivity contribution in [1.82, 2.24) is 5.32 Å². The highest BCUT2D eigenvalue weighted by Gasteiger charge is 2.20. The molecular weight excluding hydrogens is 322 g/mol. The molecule has 0 saturated heterocycles. The number of hydrogen-bond acceptors (Lipinski definition) is 4. The van der Waals surface area contributed by atoms with E-state index in [-0.39, 0.29) is 18.7 Å². The number of nitrogens with one attached hydrogen (secondary N) is 1. The number of carbonyl (C=O) groups is 3. The quantitative estimate of drug-likeness (QED) is 0.323. The van der Waals surface area contributed by atoms with E-state index in [1.165, 1.54) is 52.1 Å². The number of hydrogen-bond donors (Lipinski definition) is 2. The maximum atomic E-state index is 11.8. The molecule has 1 atom stereocenters. The molecule has 0 bridgehead atoms. The fourth-order valence-corrected chi connectivity index (χ4v) is 2.66. The topological polar surface area (TPSA) is 92.7 Å². The number of aliphatic carboxylic acids is 1. The molecule has 0 aliphatic rings. The zero-order valence-corrected chi connectivity index (χ0v) is 15.8. The largest absolute Gasteiger partial charge is 0.480 e. The minimum atomic E-state index is -1.12. The standard InChI is InChI=1S/C19H35NO5/c1-3-4-5-6-7-8-9-10-11-12-13-17(21)20-16(19(23)24)14-15-18(22)25-2/h16H,3-15H2,1-2H3,(H,20,21)(H,23,24)/t16-/m0/s1. The average Bonchev–Trinajstić information content (AvgIpc) is 2.59. The van der Waals surface area contributed by atoms with Crippen LogP contribution in [0.1, 0.15) is 90.4 Å². The molecule has 0 spiro atoms. The number of carboxylic acid groups (broad SMARTS) is 1. The van der Waals surface area contributed by atoms with Crippen molar-refractivity contribution < 1.29 is 24.2 Å². The molecule has 25 heavy (non-hydrogen) atoms. The van der Waals surface area contributed by atoms with E-state index in [0.717, 1.165) is 19.3 Å². The van der Waals surface area contributed by atoms with Gasteiger partial charge in [0.15, 0.2) is 0 Å². The third-order valence-electron chi connectivity index (χ3n) is 4.26. The summed E-state index contributed by atoms with van der Waals surface area (Å²) in [6.45, 7) is 2.22. The second-order valence-electron chi connectivity index (χ2n) is 6.51. The van der Waals surface area contributed by atoms with Crippen molar-refractivity contribution in [3.8, 4) is 0 Å². The van der Waals surface area contributed by atoms with Crippen molar-refractivity contribution in [2.75, 3.05) is 7.11 Å². The van der Waals surface area contributed by atoms with E-state index >= 15 is 0 Å². The molecule has 2 N–H and O–H groups in total. The molecule has 0 aliphatic heterocycles. The number of ether oxygens (including phenoxy) is 1. The Kier molecular flexibility index (Phi) is 14.9. The Hall–Kier alpha value is -1.59. The number of rotatable bonds is 16. The average molecular weight is 357 g/mol. The number of methoxy groups -OCH3 is 1. The van der Waals surface area contributed by atoms with Gasteiger partial charge in [-0.25, -0.2) is 4.79 Å². The van der Waals surface area contributed by atoms with E-state index in [0.29, 0.717) is 6.42 Å². The third-order valence-corrected chi connectivity index (χ3v) is 4.26. The summed E-state index contributed by atoms with van der Waals surface area (Å²) in [5.74, 6) is -1.87. The van der Waals surface area contributed by atoms with Crippen LogP contribution < -0.4 is 5.32 Å². The first-order valence-corrected chi connectivity index (χ1v) is 9.60. The van der Waals surface area contributed by atoms with Crippen LogP contribution in [0.5, 0.6) is 0 Å². The Balaban J connectivity index is 3.69. The first-order valence-electron chi connectivity index (χ1n) is 9.60. The lowest BCUT2D eigenvalue weighted by molar-refractivity contribution is -0.144. The molecule has 0 fully saturated rings. The minimum absolute atomic E-state index is 0.0218. The van der Waals surface area contributed by atoms with E-state index in [1.54, 1.807) is 0 Å². The summed E-state index contributed by atoms with van der Waals surface area (Å²) in [7, 11) is 1.25. The molecule has 1 amide bonds. The van der Waals surface area contributed by atoms with Crippen LogP contribution in [-0.2, 0) is 19.1 Å². The van der Waals surface area contributed by atoms with Crippen molar-refractivity contribution >= 4 is 17.8 Å². The molecular formula is C19H35NO5. The van der Waals surface area contributed by atoms with Gasteiger partial charge in [0.05, 0.1) is 7.11 Å². The van der Waals surface area contributed by atoms with Crippen LogP contribution in [0.25, 0.3) is 0 Å². The Bertz CT molecular complexity index is 384. The summed E-state index contributed by atoms with van der Waals surface area (Å²) >= 11 is 0. The molecule has 146 valence electrons. The number of carboxylic acids is 1. The number of carbonyl (C=O) groups excluding carboxylic acids is 2. The normalized spacial score (nSPS) is 11.8. The fourth-order valence-electron chi connectivity index (χ4n) is 2.66. The second kappa shape index (κ2) is 15.9. The lowest BCUT2D eigenvalue weighted by atomic mass is 10.1. The van der Waals surface area contributed by atoms with Crippen molar-refractivity contribution in [3.63, 3.8) is 0 Å². The highest BCUT2D eigenvalue weighted by Crippen LogP contribution is 2.11. The third kappa shape index (κ3) is 14.5. The summed E-state index contributed by atoms with van der Waals surface area (Å²) in [5.41, 5.74) is 0. The zero-order chi connectivity index (χ0) is 18.9. The molecule has 6 heteroatoms. The fraction of sp³-hybridized carbons (Fsp3) is 0.842. The Morgan fingerprint density at radius 1 is 0.880 bits per heavy atom. The van der Waals surface area contributed by atoms with Crippen molar-refractivity contribution in [1.29, 1.82) is 0 Å². The van der Waals surface area contributed by atoms with Crippen LogP contribution in [0.15, 0.2) is 0 Å². The van der Waals surface area contributed by atoms with Gasteiger partial charge in [0.1, 0.15) is 6.04 Å². The lowest BCUT2D eigenvalue weighted by Crippen LogP contribution is -2.41. The van der Waals surface area contributed by atoms with Gasteiger partial charge in [0, 0.05) is 12.8 Å². The summed E-state index contributed by atoms with van der Waals surface area (Å²) in [5, 5.41) is 11.6. The zero-order valence-electron chi connectivity index (χ0n) is 15.8. The first-order chi connectivity index (χ1) is 12.0. The lowest BCUT2D eigenvalue weighted by Gasteiger charge is -2.13. The van der Waals surface area contributed by atoms with Gasteiger partial charge in [0.25, 0.3) is 0 Å². The summed E-state index contributed by atoms with van der Waals surface area (Å²) in [6, 6.07) is -1.03. The molecule has 0 aromatic heterocycles. The van der Waals surface area contributed by atoms with E-state index in [9.17, 15) is 14.4 Å². The van der Waals surface area contributed by atoms with Crippen LogP contribution in [0.4, 0.5) is 0 Å². The van der Waals surface area contributed by atoms with Crippen molar-refractivity contribution in [2.45, 2.75) is 96.4 Å².